The molecular formula is C15H28N2O2S2. The topological polar surface area (TPSA) is 58.2 Å². The Bertz CT molecular complexity index is 522. The summed E-state index contributed by atoms with van der Waals surface area (Å²) in [7, 11) is -1.59. The van der Waals surface area contributed by atoms with Gasteiger partial charge < -0.3 is 5.32 Å². The van der Waals surface area contributed by atoms with Crippen LogP contribution in [0.4, 0.5) is 0 Å². The van der Waals surface area contributed by atoms with Gasteiger partial charge in [0, 0.05) is 18.0 Å². The number of sulfonamides is 1. The summed E-state index contributed by atoms with van der Waals surface area (Å²) in [5.74, 6) is 0. The number of thiophene rings is 1. The molecule has 0 saturated carbocycles. The van der Waals surface area contributed by atoms with Crippen LogP contribution >= 0.6 is 11.3 Å². The van der Waals surface area contributed by atoms with Crippen molar-refractivity contribution < 1.29 is 8.42 Å². The lowest BCUT2D eigenvalue weighted by Gasteiger charge is -2.25. The predicted octanol–water partition coefficient (Wildman–Crippen LogP) is 3.35. The van der Waals surface area contributed by atoms with Crippen molar-refractivity contribution in [2.24, 2.45) is 5.41 Å². The summed E-state index contributed by atoms with van der Waals surface area (Å²) in [5, 5.41) is 4.83. The van der Waals surface area contributed by atoms with Gasteiger partial charge >= 0.3 is 0 Å². The second-order valence-electron chi connectivity index (χ2n) is 6.18. The summed E-state index contributed by atoms with van der Waals surface area (Å²) < 4.78 is 27.6. The average Bonchev–Trinajstić information content (AvgIpc) is 2.87. The summed E-state index contributed by atoms with van der Waals surface area (Å²) in [4.78, 5) is 1.26. The second-order valence-corrected chi connectivity index (χ2v) is 8.92. The molecule has 122 valence electrons. The first-order valence-electron chi connectivity index (χ1n) is 7.53. The number of rotatable bonds is 10. The van der Waals surface area contributed by atoms with Crippen LogP contribution in [-0.4, -0.2) is 22.0 Å². The van der Waals surface area contributed by atoms with Crippen LogP contribution in [-0.2, 0) is 16.6 Å². The van der Waals surface area contributed by atoms with Crippen molar-refractivity contribution in [2.75, 3.05) is 13.6 Å². The van der Waals surface area contributed by atoms with Gasteiger partial charge in [-0.15, -0.1) is 11.3 Å². The minimum Gasteiger partial charge on any atom is -0.315 e. The third-order valence-electron chi connectivity index (χ3n) is 3.53. The summed E-state index contributed by atoms with van der Waals surface area (Å²) >= 11 is 1.47. The first kappa shape index (κ1) is 18.6. The molecule has 0 aliphatic carbocycles. The molecule has 0 saturated heterocycles. The molecule has 1 rings (SSSR count). The molecule has 0 radical (unpaired) electrons. The van der Waals surface area contributed by atoms with Gasteiger partial charge in [0.2, 0.25) is 10.0 Å². The molecule has 1 aromatic rings. The number of unbranched alkanes of at least 4 members (excludes halogenated alkanes) is 2. The standard InChI is InChI=1S/C15H28N2O2S2/c1-5-6-7-9-15(2,3)12-17-21(18,19)14-8-10-20-13(14)11-16-4/h8,10,16-17H,5-7,9,11-12H2,1-4H3. The van der Waals surface area contributed by atoms with E-state index >= 15 is 0 Å². The fourth-order valence-corrected chi connectivity index (χ4v) is 4.86. The Balaban J connectivity index is 2.66. The zero-order valence-electron chi connectivity index (χ0n) is 13.5. The monoisotopic (exact) mass is 332 g/mol. The summed E-state index contributed by atoms with van der Waals surface area (Å²) in [6.45, 7) is 7.47. The highest BCUT2D eigenvalue weighted by atomic mass is 32.2. The first-order valence-corrected chi connectivity index (χ1v) is 9.89. The average molecular weight is 333 g/mol. The van der Waals surface area contributed by atoms with Crippen molar-refractivity contribution in [3.63, 3.8) is 0 Å². The minimum atomic E-state index is -3.41. The van der Waals surface area contributed by atoms with Gasteiger partial charge in [0.15, 0.2) is 0 Å². The Morgan fingerprint density at radius 2 is 2.00 bits per heavy atom. The zero-order valence-corrected chi connectivity index (χ0v) is 15.2. The molecular weight excluding hydrogens is 304 g/mol. The third-order valence-corrected chi connectivity index (χ3v) is 6.07. The Labute approximate surface area is 133 Å². The molecule has 1 aromatic heterocycles. The third kappa shape index (κ3) is 6.06. The zero-order chi connectivity index (χ0) is 15.9. The molecule has 0 atom stereocenters. The SMILES string of the molecule is CCCCCC(C)(C)CNS(=O)(=O)c1ccsc1CNC. The maximum atomic E-state index is 12.4. The molecule has 0 unspecified atom stereocenters. The molecule has 0 aromatic carbocycles. The van der Waals surface area contributed by atoms with E-state index in [1.54, 1.807) is 6.07 Å². The highest BCUT2D eigenvalue weighted by Gasteiger charge is 2.24. The Kier molecular flexibility index (Phi) is 7.33. The molecule has 0 aliphatic rings. The van der Waals surface area contributed by atoms with Crippen molar-refractivity contribution >= 4 is 21.4 Å². The smallest absolute Gasteiger partial charge is 0.241 e. The molecule has 0 spiro atoms. The fourth-order valence-electron chi connectivity index (χ4n) is 2.17. The largest absolute Gasteiger partial charge is 0.315 e. The van der Waals surface area contributed by atoms with Gasteiger partial charge in [-0.1, -0.05) is 40.0 Å². The highest BCUT2D eigenvalue weighted by Crippen LogP contribution is 2.25. The molecule has 2 N–H and O–H groups in total. The van der Waals surface area contributed by atoms with E-state index in [0.29, 0.717) is 18.0 Å². The van der Waals surface area contributed by atoms with Crippen LogP contribution in [0, 0.1) is 5.41 Å². The van der Waals surface area contributed by atoms with Crippen molar-refractivity contribution in [3.05, 3.63) is 16.3 Å². The van der Waals surface area contributed by atoms with Gasteiger partial charge in [-0.3, -0.25) is 0 Å². The maximum absolute atomic E-state index is 12.4. The Morgan fingerprint density at radius 1 is 1.29 bits per heavy atom. The van der Waals surface area contributed by atoms with Crippen molar-refractivity contribution in [3.8, 4) is 0 Å². The van der Waals surface area contributed by atoms with Gasteiger partial charge in [0.05, 0.1) is 4.90 Å². The van der Waals surface area contributed by atoms with Crippen LogP contribution in [0.1, 0.15) is 51.3 Å². The van der Waals surface area contributed by atoms with Crippen molar-refractivity contribution in [2.45, 2.75) is 57.9 Å². The fraction of sp³-hybridized carbons (Fsp3) is 0.733. The molecule has 6 heteroatoms. The molecule has 0 amide bonds. The molecule has 0 fully saturated rings. The number of nitrogens with one attached hydrogen (secondary N) is 2. The Hall–Kier alpha value is -0.430. The summed E-state index contributed by atoms with van der Waals surface area (Å²) in [5.41, 5.74) is -0.0125. The highest BCUT2D eigenvalue weighted by molar-refractivity contribution is 7.89. The minimum absolute atomic E-state index is 0.0125. The summed E-state index contributed by atoms with van der Waals surface area (Å²) in [6.07, 6.45) is 4.57. The second kappa shape index (κ2) is 8.27. The van der Waals surface area contributed by atoms with Crippen LogP contribution in [0.3, 0.4) is 0 Å². The van der Waals surface area contributed by atoms with Crippen molar-refractivity contribution in [1.29, 1.82) is 0 Å². The van der Waals surface area contributed by atoms with E-state index in [2.05, 4.69) is 30.8 Å². The van der Waals surface area contributed by atoms with E-state index in [9.17, 15) is 8.42 Å². The van der Waals surface area contributed by atoms with Crippen LogP contribution < -0.4 is 10.0 Å². The lowest BCUT2D eigenvalue weighted by atomic mass is 9.87. The van der Waals surface area contributed by atoms with Gasteiger partial charge in [0.25, 0.3) is 0 Å². The van der Waals surface area contributed by atoms with Crippen molar-refractivity contribution in [1.82, 2.24) is 10.0 Å². The molecule has 21 heavy (non-hydrogen) atoms. The first-order chi connectivity index (χ1) is 9.82. The lowest BCUT2D eigenvalue weighted by Crippen LogP contribution is -2.34. The van der Waals surface area contributed by atoms with Crippen LogP contribution in [0.5, 0.6) is 0 Å². The Morgan fingerprint density at radius 3 is 2.62 bits per heavy atom. The summed E-state index contributed by atoms with van der Waals surface area (Å²) in [6, 6.07) is 1.68. The van der Waals surface area contributed by atoms with Crippen LogP contribution in [0.15, 0.2) is 16.3 Å². The van der Waals surface area contributed by atoms with Gasteiger partial charge in [-0.2, -0.15) is 0 Å². The van der Waals surface area contributed by atoms with E-state index < -0.39 is 10.0 Å². The quantitative estimate of drug-likeness (QED) is 0.646. The lowest BCUT2D eigenvalue weighted by molar-refractivity contribution is 0.320. The van der Waals surface area contributed by atoms with E-state index in [1.807, 2.05) is 12.4 Å². The number of hydrogen-bond donors (Lipinski definition) is 2. The van der Waals surface area contributed by atoms with Gasteiger partial charge in [0.1, 0.15) is 0 Å². The van der Waals surface area contributed by atoms with E-state index in [1.165, 1.54) is 24.2 Å². The van der Waals surface area contributed by atoms with Crippen LogP contribution in [0.2, 0.25) is 0 Å². The predicted molar refractivity (Wildman–Crippen MR) is 90.2 cm³/mol. The van der Waals surface area contributed by atoms with Gasteiger partial charge in [-0.05, 0) is 30.3 Å². The molecule has 0 bridgehead atoms. The molecule has 4 nitrogen and oxygen atoms in total. The van der Waals surface area contributed by atoms with E-state index in [0.717, 1.165) is 17.7 Å². The van der Waals surface area contributed by atoms with Gasteiger partial charge in [-0.25, -0.2) is 13.1 Å². The normalized spacial score (nSPS) is 12.8. The van der Waals surface area contributed by atoms with E-state index in [-0.39, 0.29) is 5.41 Å². The molecule has 0 aliphatic heterocycles. The number of hydrogen-bond acceptors (Lipinski definition) is 4. The van der Waals surface area contributed by atoms with E-state index in [4.69, 9.17) is 0 Å². The van der Waals surface area contributed by atoms with Crippen LogP contribution in [0.25, 0.3) is 0 Å². The maximum Gasteiger partial charge on any atom is 0.241 e. The molecule has 1 heterocycles.